The van der Waals surface area contributed by atoms with Crippen LogP contribution < -0.4 is 11.5 Å². The Morgan fingerprint density at radius 1 is 1.40 bits per heavy atom. The van der Waals surface area contributed by atoms with Gasteiger partial charge < -0.3 is 11.5 Å². The average molecular weight is 159 g/mol. The second-order valence-electron chi connectivity index (χ2n) is 1.39. The largest absolute Gasteiger partial charge is 0.368 e. The molecular formula is C4H5N3O2S. The third-order valence-electron chi connectivity index (χ3n) is 0.687. The predicted molar refractivity (Wildman–Crippen MR) is 35.4 cm³/mol. The van der Waals surface area contributed by atoms with Crippen LogP contribution in [0.25, 0.3) is 0 Å². The van der Waals surface area contributed by atoms with E-state index in [9.17, 15) is 9.59 Å². The molecule has 0 bridgehead atoms. The molecule has 0 saturated heterocycles. The minimum absolute atomic E-state index is 0.449. The maximum atomic E-state index is 10.3. The first-order chi connectivity index (χ1) is 4.59. The molecule has 0 aliphatic carbocycles. The van der Waals surface area contributed by atoms with Crippen molar-refractivity contribution in [1.29, 1.82) is 5.26 Å². The molecule has 5 nitrogen and oxygen atoms in total. The number of carbonyl (C=O) groups excluding carboxylic acids is 2. The number of nitrogens with two attached hydrogens (primary N) is 2. The molecule has 10 heavy (non-hydrogen) atoms. The lowest BCUT2D eigenvalue weighted by Gasteiger charge is -2.00. The van der Waals surface area contributed by atoms with Gasteiger partial charge >= 0.3 is 0 Å². The van der Waals surface area contributed by atoms with Crippen LogP contribution in [0.5, 0.6) is 0 Å². The zero-order valence-electron chi connectivity index (χ0n) is 4.90. The van der Waals surface area contributed by atoms with E-state index in [0.717, 1.165) is 0 Å². The van der Waals surface area contributed by atoms with Crippen LogP contribution in [0.15, 0.2) is 0 Å². The van der Waals surface area contributed by atoms with E-state index >= 15 is 0 Å². The fourth-order valence-electron chi connectivity index (χ4n) is 0.309. The van der Waals surface area contributed by atoms with E-state index in [1.165, 1.54) is 0 Å². The molecule has 0 heterocycles. The number of carbonyl (C=O) groups is 2. The summed E-state index contributed by atoms with van der Waals surface area (Å²) in [4.78, 5) is 20.6. The molecule has 0 aliphatic rings. The van der Waals surface area contributed by atoms with Crippen molar-refractivity contribution < 1.29 is 9.59 Å². The maximum absolute atomic E-state index is 10.3. The van der Waals surface area contributed by atoms with Crippen LogP contribution in [0.1, 0.15) is 0 Å². The molecule has 0 spiro atoms. The van der Waals surface area contributed by atoms with Gasteiger partial charge in [0.2, 0.25) is 11.8 Å². The third kappa shape index (κ3) is 2.37. The highest BCUT2D eigenvalue weighted by Gasteiger charge is 2.21. The standard InChI is InChI=1S/C4H5N3O2S/c5-1-10-2(3(6)8)4(7)9/h2H,(H2,6,8)(H2,7,9). The van der Waals surface area contributed by atoms with Gasteiger partial charge in [-0.25, -0.2) is 0 Å². The zero-order chi connectivity index (χ0) is 8.15. The van der Waals surface area contributed by atoms with Gasteiger partial charge in [-0.3, -0.25) is 9.59 Å². The van der Waals surface area contributed by atoms with Gasteiger partial charge in [0.1, 0.15) is 5.40 Å². The van der Waals surface area contributed by atoms with Crippen molar-refractivity contribution in [3.05, 3.63) is 0 Å². The summed E-state index contributed by atoms with van der Waals surface area (Å²) in [6, 6.07) is 0. The average Bonchev–Trinajstić information content (AvgIpc) is 1.81. The lowest BCUT2D eigenvalue weighted by molar-refractivity contribution is -0.125. The van der Waals surface area contributed by atoms with Crippen LogP contribution in [0, 0.1) is 10.7 Å². The molecule has 0 fully saturated rings. The molecule has 0 aromatic heterocycles. The molecule has 0 saturated carbocycles. The van der Waals surface area contributed by atoms with Crippen LogP contribution in [0.4, 0.5) is 0 Å². The lowest BCUT2D eigenvalue weighted by atomic mass is 10.4. The summed E-state index contributed by atoms with van der Waals surface area (Å²) < 4.78 is 0. The van der Waals surface area contributed by atoms with Gasteiger partial charge in [0, 0.05) is 0 Å². The van der Waals surface area contributed by atoms with Gasteiger partial charge in [0.25, 0.3) is 0 Å². The molecule has 54 valence electrons. The first kappa shape index (κ1) is 8.78. The summed E-state index contributed by atoms with van der Waals surface area (Å²) in [5.41, 5.74) is 9.42. The number of nitrogens with zero attached hydrogens (tertiary/aromatic N) is 1. The van der Waals surface area contributed by atoms with Crippen molar-refractivity contribution in [1.82, 2.24) is 0 Å². The van der Waals surface area contributed by atoms with Crippen molar-refractivity contribution in [2.45, 2.75) is 5.25 Å². The summed E-state index contributed by atoms with van der Waals surface area (Å²) in [6.07, 6.45) is 0. The molecule has 0 aliphatic heterocycles. The number of amides is 2. The fourth-order valence-corrected chi connectivity index (χ4v) is 0.647. The second kappa shape index (κ2) is 3.74. The van der Waals surface area contributed by atoms with Crippen molar-refractivity contribution in [2.24, 2.45) is 11.5 Å². The van der Waals surface area contributed by atoms with Crippen molar-refractivity contribution in [3.63, 3.8) is 0 Å². The van der Waals surface area contributed by atoms with Gasteiger partial charge in [0.05, 0.1) is 0 Å². The Bertz CT molecular complexity index is 183. The summed E-state index contributed by atoms with van der Waals surface area (Å²) in [7, 11) is 0. The van der Waals surface area contributed by atoms with Gasteiger partial charge in [0.15, 0.2) is 5.25 Å². The molecule has 0 radical (unpaired) electrons. The van der Waals surface area contributed by atoms with E-state index in [2.05, 4.69) is 0 Å². The van der Waals surface area contributed by atoms with Crippen molar-refractivity contribution >= 4 is 23.6 Å². The molecule has 0 atom stereocenters. The highest BCUT2D eigenvalue weighted by atomic mass is 32.2. The molecular weight excluding hydrogens is 154 g/mol. The highest BCUT2D eigenvalue weighted by Crippen LogP contribution is 2.06. The Kier molecular flexibility index (Phi) is 3.28. The van der Waals surface area contributed by atoms with E-state index in [-0.39, 0.29) is 0 Å². The Labute approximate surface area is 61.4 Å². The van der Waals surface area contributed by atoms with Crippen molar-refractivity contribution in [3.8, 4) is 5.40 Å². The number of primary amides is 2. The second-order valence-corrected chi connectivity index (χ2v) is 2.28. The zero-order valence-corrected chi connectivity index (χ0v) is 5.72. The molecule has 6 heteroatoms. The molecule has 4 N–H and O–H groups in total. The van der Waals surface area contributed by atoms with Crippen LogP contribution in [0.2, 0.25) is 0 Å². The first-order valence-electron chi connectivity index (χ1n) is 2.23. The van der Waals surface area contributed by atoms with Crippen LogP contribution >= 0.6 is 11.8 Å². The Morgan fingerprint density at radius 3 is 1.90 bits per heavy atom. The number of thiocyanates is 1. The number of hydrogen-bond donors (Lipinski definition) is 2. The van der Waals surface area contributed by atoms with Crippen LogP contribution in [-0.4, -0.2) is 17.1 Å². The fraction of sp³-hybridized carbons (Fsp3) is 0.250. The Balaban J connectivity index is 4.15. The highest BCUT2D eigenvalue weighted by molar-refractivity contribution is 8.05. The number of thioether (sulfide) groups is 1. The van der Waals surface area contributed by atoms with Crippen LogP contribution in [-0.2, 0) is 9.59 Å². The SMILES string of the molecule is N#CSC(C(N)=O)C(N)=O. The molecule has 0 aromatic rings. The quantitative estimate of drug-likeness (QED) is 0.387. The number of nitriles is 1. The predicted octanol–water partition coefficient (Wildman–Crippen LogP) is -1.46. The summed E-state index contributed by atoms with van der Waals surface area (Å²) in [6.45, 7) is 0. The normalized spacial score (nSPS) is 8.80. The molecule has 0 aromatic carbocycles. The van der Waals surface area contributed by atoms with E-state index in [4.69, 9.17) is 16.7 Å². The summed E-state index contributed by atoms with van der Waals surface area (Å²) >= 11 is 0.449. The van der Waals surface area contributed by atoms with Gasteiger partial charge in [-0.15, -0.1) is 0 Å². The van der Waals surface area contributed by atoms with Crippen LogP contribution in [0.3, 0.4) is 0 Å². The lowest BCUT2D eigenvalue weighted by Crippen LogP contribution is -2.37. The van der Waals surface area contributed by atoms with Crippen molar-refractivity contribution in [2.75, 3.05) is 0 Å². The smallest absolute Gasteiger partial charge is 0.241 e. The topological polar surface area (TPSA) is 110 Å². The Hall–Kier alpha value is -1.22. The van der Waals surface area contributed by atoms with Gasteiger partial charge in [-0.05, 0) is 11.8 Å². The third-order valence-corrected chi connectivity index (χ3v) is 1.49. The van der Waals surface area contributed by atoms with E-state index < -0.39 is 17.1 Å². The summed E-state index contributed by atoms with van der Waals surface area (Å²) in [5.74, 6) is -1.78. The van der Waals surface area contributed by atoms with E-state index in [1.807, 2.05) is 0 Å². The molecule has 0 rings (SSSR count). The summed E-state index contributed by atoms with van der Waals surface area (Å²) in [5, 5.41) is 8.35. The first-order valence-corrected chi connectivity index (χ1v) is 3.11. The monoisotopic (exact) mass is 159 g/mol. The minimum Gasteiger partial charge on any atom is -0.368 e. The molecule has 2 amide bonds. The maximum Gasteiger partial charge on any atom is 0.241 e. The number of hydrogen-bond acceptors (Lipinski definition) is 4. The van der Waals surface area contributed by atoms with E-state index in [1.54, 1.807) is 5.40 Å². The van der Waals surface area contributed by atoms with E-state index in [0.29, 0.717) is 11.8 Å². The molecule has 0 unspecified atom stereocenters. The number of rotatable bonds is 3. The van der Waals surface area contributed by atoms with Gasteiger partial charge in [-0.2, -0.15) is 5.26 Å². The Morgan fingerprint density at radius 2 is 1.80 bits per heavy atom. The van der Waals surface area contributed by atoms with Gasteiger partial charge in [-0.1, -0.05) is 0 Å². The minimum atomic E-state index is -1.23.